The smallest absolute Gasteiger partial charge is 0.419 e. The summed E-state index contributed by atoms with van der Waals surface area (Å²) in [5, 5.41) is 6.13. The Morgan fingerprint density at radius 2 is 1.86 bits per heavy atom. The third-order valence-corrected chi connectivity index (χ3v) is 3.55. The fourth-order valence-corrected chi connectivity index (χ4v) is 2.33. The van der Waals surface area contributed by atoms with Gasteiger partial charge in [0.05, 0.1) is 12.1 Å². The lowest BCUT2D eigenvalue weighted by Gasteiger charge is -2.15. The second-order valence-corrected chi connectivity index (χ2v) is 5.60. The molecule has 0 saturated carbocycles. The van der Waals surface area contributed by atoms with Crippen LogP contribution in [0.3, 0.4) is 0 Å². The number of pyridine rings is 1. The largest absolute Gasteiger partial charge is 0.491 e. The molecule has 0 spiro atoms. The zero-order chi connectivity index (χ0) is 19.5. The summed E-state index contributed by atoms with van der Waals surface area (Å²) in [6, 6.07) is 10.9. The predicted octanol–water partition coefficient (Wildman–Crippen LogP) is 3.90. The van der Waals surface area contributed by atoms with E-state index in [2.05, 4.69) is 20.6 Å². The quantitative estimate of drug-likeness (QED) is 0.246. The Balaban J connectivity index is 0.00000392. The van der Waals surface area contributed by atoms with Crippen molar-refractivity contribution < 1.29 is 17.9 Å². The van der Waals surface area contributed by atoms with E-state index in [1.54, 1.807) is 6.20 Å². The molecule has 1 aromatic heterocycles. The highest BCUT2D eigenvalue weighted by molar-refractivity contribution is 14.0. The van der Waals surface area contributed by atoms with Gasteiger partial charge in [-0.05, 0) is 31.2 Å². The molecule has 154 valence electrons. The van der Waals surface area contributed by atoms with Crippen molar-refractivity contribution >= 4 is 29.9 Å². The summed E-state index contributed by atoms with van der Waals surface area (Å²) in [5.74, 6) is 0.407. The van der Waals surface area contributed by atoms with E-state index < -0.39 is 11.7 Å². The van der Waals surface area contributed by atoms with Crippen LogP contribution >= 0.6 is 24.0 Å². The van der Waals surface area contributed by atoms with Gasteiger partial charge in [-0.15, -0.1) is 24.0 Å². The van der Waals surface area contributed by atoms with E-state index in [1.165, 1.54) is 18.2 Å². The molecule has 0 fully saturated rings. The molecule has 9 heteroatoms. The molecule has 0 saturated heterocycles. The van der Waals surface area contributed by atoms with Crippen molar-refractivity contribution in [2.75, 3.05) is 26.2 Å². The van der Waals surface area contributed by atoms with Gasteiger partial charge in [-0.25, -0.2) is 0 Å². The molecule has 2 rings (SSSR count). The van der Waals surface area contributed by atoms with Gasteiger partial charge < -0.3 is 15.4 Å². The summed E-state index contributed by atoms with van der Waals surface area (Å²) < 4.78 is 44.1. The maximum Gasteiger partial charge on any atom is 0.419 e. The van der Waals surface area contributed by atoms with Crippen LogP contribution in [-0.4, -0.2) is 37.2 Å². The average Bonchev–Trinajstić information content (AvgIpc) is 2.65. The summed E-state index contributed by atoms with van der Waals surface area (Å²) in [6.45, 7) is 3.56. The van der Waals surface area contributed by atoms with Gasteiger partial charge >= 0.3 is 6.18 Å². The number of hydrogen-bond donors (Lipinski definition) is 2. The summed E-state index contributed by atoms with van der Waals surface area (Å²) in [5.41, 5.74) is 0.171. The Morgan fingerprint density at radius 1 is 1.11 bits per heavy atom. The second-order valence-electron chi connectivity index (χ2n) is 5.60. The first-order chi connectivity index (χ1) is 13.0. The number of rotatable bonds is 8. The molecule has 0 aliphatic carbocycles. The zero-order valence-electron chi connectivity index (χ0n) is 15.5. The van der Waals surface area contributed by atoms with Crippen LogP contribution in [0.25, 0.3) is 0 Å². The molecule has 0 amide bonds. The minimum atomic E-state index is -4.44. The monoisotopic (exact) mass is 508 g/mol. The van der Waals surface area contributed by atoms with Gasteiger partial charge in [0.2, 0.25) is 0 Å². The van der Waals surface area contributed by atoms with Crippen molar-refractivity contribution in [3.8, 4) is 5.75 Å². The lowest BCUT2D eigenvalue weighted by Crippen LogP contribution is -2.39. The number of guanidine groups is 1. The van der Waals surface area contributed by atoms with Crippen molar-refractivity contribution in [2.45, 2.75) is 19.5 Å². The second kappa shape index (κ2) is 12.4. The fourth-order valence-electron chi connectivity index (χ4n) is 2.33. The van der Waals surface area contributed by atoms with E-state index >= 15 is 0 Å². The minimum Gasteiger partial charge on any atom is -0.491 e. The molecule has 5 nitrogen and oxygen atoms in total. The number of nitrogens with zero attached hydrogens (tertiary/aromatic N) is 2. The van der Waals surface area contributed by atoms with E-state index in [1.807, 2.05) is 25.1 Å². The first-order valence-electron chi connectivity index (χ1n) is 8.72. The number of benzene rings is 1. The van der Waals surface area contributed by atoms with Crippen molar-refractivity contribution in [3.05, 3.63) is 59.9 Å². The third-order valence-electron chi connectivity index (χ3n) is 3.55. The standard InChI is InChI=1S/C19H23F3N4O.HI/c1-2-23-18(25-12-10-15-7-5-6-11-24-15)26-13-14-27-17-9-4-3-8-16(17)19(20,21)22;/h3-9,11H,2,10,12-14H2,1H3,(H2,23,25,26);1H. The average molecular weight is 508 g/mol. The first-order valence-corrected chi connectivity index (χ1v) is 8.72. The highest BCUT2D eigenvalue weighted by Gasteiger charge is 2.33. The molecule has 1 aromatic carbocycles. The molecule has 0 unspecified atom stereocenters. The highest BCUT2D eigenvalue weighted by Crippen LogP contribution is 2.35. The first kappa shape index (κ1) is 24.0. The van der Waals surface area contributed by atoms with E-state index in [0.717, 1.165) is 11.8 Å². The number of aromatic nitrogens is 1. The lowest BCUT2D eigenvalue weighted by molar-refractivity contribution is -0.138. The number of aliphatic imine (C=N–C) groups is 1. The normalized spacial score (nSPS) is 11.5. The van der Waals surface area contributed by atoms with Gasteiger partial charge in [-0.2, -0.15) is 13.2 Å². The van der Waals surface area contributed by atoms with Crippen LogP contribution in [0, 0.1) is 0 Å². The highest BCUT2D eigenvalue weighted by atomic mass is 127. The molecule has 0 atom stereocenters. The maximum absolute atomic E-state index is 12.9. The van der Waals surface area contributed by atoms with Gasteiger partial charge in [-0.1, -0.05) is 18.2 Å². The molecule has 2 aromatic rings. The van der Waals surface area contributed by atoms with Crippen LogP contribution in [0.5, 0.6) is 5.75 Å². The van der Waals surface area contributed by atoms with Crippen molar-refractivity contribution in [1.82, 2.24) is 15.6 Å². The van der Waals surface area contributed by atoms with Crippen LogP contribution in [0.1, 0.15) is 18.2 Å². The van der Waals surface area contributed by atoms with Gasteiger partial charge in [0.25, 0.3) is 0 Å². The lowest BCUT2D eigenvalue weighted by atomic mass is 10.2. The van der Waals surface area contributed by atoms with Gasteiger partial charge in [0.1, 0.15) is 12.4 Å². The Kier molecular flexibility index (Phi) is 10.6. The summed E-state index contributed by atoms with van der Waals surface area (Å²) in [6.07, 6.45) is -2.00. The van der Waals surface area contributed by atoms with E-state index in [4.69, 9.17) is 4.74 Å². The van der Waals surface area contributed by atoms with Crippen molar-refractivity contribution in [2.24, 2.45) is 4.99 Å². The molecule has 1 heterocycles. The fraction of sp³-hybridized carbons (Fsp3) is 0.368. The molecule has 0 bridgehead atoms. The Bertz CT molecular complexity index is 727. The third kappa shape index (κ3) is 8.32. The van der Waals surface area contributed by atoms with Crippen LogP contribution in [-0.2, 0) is 12.6 Å². The van der Waals surface area contributed by atoms with E-state index in [9.17, 15) is 13.2 Å². The SMILES string of the molecule is CCNC(=NCCc1ccccn1)NCCOc1ccccc1C(F)(F)F.I. The van der Waals surface area contributed by atoms with E-state index in [-0.39, 0.29) is 36.3 Å². The van der Waals surface area contributed by atoms with Crippen molar-refractivity contribution in [3.63, 3.8) is 0 Å². The topological polar surface area (TPSA) is 58.5 Å². The van der Waals surface area contributed by atoms with Gasteiger partial charge in [-0.3, -0.25) is 9.98 Å². The molecular weight excluding hydrogens is 484 g/mol. The summed E-state index contributed by atoms with van der Waals surface area (Å²) >= 11 is 0. The Morgan fingerprint density at radius 3 is 2.54 bits per heavy atom. The molecular formula is C19H24F3IN4O. The molecule has 0 radical (unpaired) electrons. The summed E-state index contributed by atoms with van der Waals surface area (Å²) in [7, 11) is 0. The number of para-hydroxylation sites is 1. The number of ether oxygens (including phenoxy) is 1. The molecule has 0 aliphatic rings. The summed E-state index contributed by atoms with van der Waals surface area (Å²) in [4.78, 5) is 8.67. The van der Waals surface area contributed by atoms with Crippen molar-refractivity contribution in [1.29, 1.82) is 0 Å². The van der Waals surface area contributed by atoms with Crippen LogP contribution in [0.2, 0.25) is 0 Å². The Hall–Kier alpha value is -2.04. The Labute approximate surface area is 179 Å². The number of alkyl halides is 3. The predicted molar refractivity (Wildman–Crippen MR) is 114 cm³/mol. The van der Waals surface area contributed by atoms with Gasteiger partial charge in [0, 0.05) is 31.4 Å². The van der Waals surface area contributed by atoms with Crippen LogP contribution in [0.15, 0.2) is 53.7 Å². The maximum atomic E-state index is 12.9. The van der Waals surface area contributed by atoms with Gasteiger partial charge in [0.15, 0.2) is 5.96 Å². The minimum absolute atomic E-state index is 0. The van der Waals surface area contributed by atoms with Crippen LogP contribution in [0.4, 0.5) is 13.2 Å². The number of halogens is 4. The van der Waals surface area contributed by atoms with E-state index in [0.29, 0.717) is 32.0 Å². The molecule has 0 aliphatic heterocycles. The molecule has 2 N–H and O–H groups in total. The number of hydrogen-bond acceptors (Lipinski definition) is 3. The van der Waals surface area contributed by atoms with Crippen LogP contribution < -0.4 is 15.4 Å². The number of nitrogens with one attached hydrogen (secondary N) is 2. The zero-order valence-corrected chi connectivity index (χ0v) is 17.8. The molecule has 28 heavy (non-hydrogen) atoms.